The number of nitrogens with one attached hydrogen (secondary N) is 1. The van der Waals surface area contributed by atoms with Gasteiger partial charge in [0.15, 0.2) is 17.5 Å². The second-order valence-electron chi connectivity index (χ2n) is 4.22. The van der Waals surface area contributed by atoms with Gasteiger partial charge in [0.05, 0.1) is 6.20 Å². The number of aryl methyl sites for hydroxylation is 1. The number of rotatable bonds is 5. The first-order chi connectivity index (χ1) is 9.10. The Labute approximate surface area is 109 Å². The topological polar surface area (TPSA) is 29.9 Å². The molecule has 19 heavy (non-hydrogen) atoms. The van der Waals surface area contributed by atoms with E-state index >= 15 is 0 Å². The van der Waals surface area contributed by atoms with Gasteiger partial charge in [-0.15, -0.1) is 0 Å². The Morgan fingerprint density at radius 1 is 1.21 bits per heavy atom. The molecule has 0 saturated heterocycles. The van der Waals surface area contributed by atoms with E-state index in [0.717, 1.165) is 30.7 Å². The summed E-state index contributed by atoms with van der Waals surface area (Å²) in [4.78, 5) is 0. The van der Waals surface area contributed by atoms with E-state index in [0.29, 0.717) is 6.54 Å². The molecular weight excluding hydrogens is 255 g/mol. The molecule has 0 spiro atoms. The van der Waals surface area contributed by atoms with Gasteiger partial charge in [-0.05, 0) is 6.42 Å². The molecule has 0 aliphatic carbocycles. The van der Waals surface area contributed by atoms with Crippen LogP contribution in [0.1, 0.15) is 18.9 Å². The minimum atomic E-state index is -1.46. The second-order valence-corrected chi connectivity index (χ2v) is 4.22. The molecule has 0 radical (unpaired) electrons. The predicted octanol–water partition coefficient (Wildman–Crippen LogP) is 3.32. The highest BCUT2D eigenvalue weighted by molar-refractivity contribution is 5.44. The van der Waals surface area contributed by atoms with Crippen molar-refractivity contribution in [3.63, 3.8) is 0 Å². The standard InChI is InChI=1S/C13H14F3N3/c1-2-3-19-8-9(7-18-19)6-17-10-4-11(14)13(16)12(15)5-10/h4-5,7-8,17H,2-3,6H2,1H3. The van der Waals surface area contributed by atoms with Gasteiger partial charge in [0.1, 0.15) is 0 Å². The zero-order chi connectivity index (χ0) is 13.8. The average molecular weight is 269 g/mol. The molecule has 1 heterocycles. The Bertz CT molecular complexity index is 543. The fourth-order valence-corrected chi connectivity index (χ4v) is 1.71. The molecule has 2 rings (SSSR count). The molecule has 0 atom stereocenters. The number of benzene rings is 1. The second kappa shape index (κ2) is 5.77. The lowest BCUT2D eigenvalue weighted by atomic mass is 10.2. The van der Waals surface area contributed by atoms with Crippen molar-refractivity contribution in [3.05, 3.63) is 47.5 Å². The third-order valence-corrected chi connectivity index (χ3v) is 2.62. The monoisotopic (exact) mass is 269 g/mol. The summed E-state index contributed by atoms with van der Waals surface area (Å²) in [7, 11) is 0. The van der Waals surface area contributed by atoms with Gasteiger partial charge in [0.25, 0.3) is 0 Å². The van der Waals surface area contributed by atoms with Gasteiger partial charge in [-0.3, -0.25) is 4.68 Å². The Hall–Kier alpha value is -1.98. The van der Waals surface area contributed by atoms with E-state index in [4.69, 9.17) is 0 Å². The van der Waals surface area contributed by atoms with Crippen LogP contribution in [-0.2, 0) is 13.1 Å². The lowest BCUT2D eigenvalue weighted by Gasteiger charge is -2.06. The highest BCUT2D eigenvalue weighted by atomic mass is 19.2. The van der Waals surface area contributed by atoms with Crippen molar-refractivity contribution >= 4 is 5.69 Å². The van der Waals surface area contributed by atoms with Crippen LogP contribution in [0.5, 0.6) is 0 Å². The summed E-state index contributed by atoms with van der Waals surface area (Å²) in [5.41, 5.74) is 1.08. The van der Waals surface area contributed by atoms with Crippen LogP contribution >= 0.6 is 0 Å². The van der Waals surface area contributed by atoms with E-state index in [9.17, 15) is 13.2 Å². The highest BCUT2D eigenvalue weighted by Gasteiger charge is 2.10. The summed E-state index contributed by atoms with van der Waals surface area (Å²) in [5, 5.41) is 6.96. The van der Waals surface area contributed by atoms with E-state index in [1.54, 1.807) is 10.9 Å². The SMILES string of the molecule is CCCn1cc(CNc2cc(F)c(F)c(F)c2)cn1. The van der Waals surface area contributed by atoms with E-state index in [1.807, 2.05) is 13.1 Å². The van der Waals surface area contributed by atoms with Crippen molar-refractivity contribution in [2.75, 3.05) is 5.32 Å². The molecule has 1 aromatic heterocycles. The maximum Gasteiger partial charge on any atom is 0.194 e. The molecule has 0 fully saturated rings. The van der Waals surface area contributed by atoms with Crippen LogP contribution in [0.25, 0.3) is 0 Å². The van der Waals surface area contributed by atoms with Crippen molar-refractivity contribution in [2.24, 2.45) is 0 Å². The summed E-state index contributed by atoms with van der Waals surface area (Å²) in [5.74, 6) is -3.87. The van der Waals surface area contributed by atoms with Gasteiger partial charge in [-0.25, -0.2) is 13.2 Å². The number of hydrogen-bond donors (Lipinski definition) is 1. The van der Waals surface area contributed by atoms with E-state index < -0.39 is 17.5 Å². The fraction of sp³-hybridized carbons (Fsp3) is 0.308. The first-order valence-electron chi connectivity index (χ1n) is 6.00. The molecule has 0 bridgehead atoms. The Morgan fingerprint density at radius 3 is 2.53 bits per heavy atom. The Kier molecular flexibility index (Phi) is 4.09. The average Bonchev–Trinajstić information content (AvgIpc) is 2.81. The van der Waals surface area contributed by atoms with Gasteiger partial charge in [0.2, 0.25) is 0 Å². The van der Waals surface area contributed by atoms with E-state index in [1.165, 1.54) is 0 Å². The number of anilines is 1. The van der Waals surface area contributed by atoms with Crippen LogP contribution in [0.4, 0.5) is 18.9 Å². The van der Waals surface area contributed by atoms with Gasteiger partial charge in [-0.1, -0.05) is 6.92 Å². The fourth-order valence-electron chi connectivity index (χ4n) is 1.71. The molecule has 1 aromatic carbocycles. The Morgan fingerprint density at radius 2 is 1.89 bits per heavy atom. The minimum Gasteiger partial charge on any atom is -0.381 e. The van der Waals surface area contributed by atoms with Gasteiger partial charge in [-0.2, -0.15) is 5.10 Å². The maximum atomic E-state index is 13.0. The van der Waals surface area contributed by atoms with Gasteiger partial charge < -0.3 is 5.32 Å². The normalized spacial score (nSPS) is 10.7. The molecule has 102 valence electrons. The largest absolute Gasteiger partial charge is 0.381 e. The molecule has 3 nitrogen and oxygen atoms in total. The number of aromatic nitrogens is 2. The van der Waals surface area contributed by atoms with Crippen molar-refractivity contribution < 1.29 is 13.2 Å². The van der Waals surface area contributed by atoms with Crippen molar-refractivity contribution in [1.29, 1.82) is 0 Å². The molecule has 2 aromatic rings. The molecule has 0 amide bonds. The summed E-state index contributed by atoms with van der Waals surface area (Å²) in [6.45, 7) is 3.23. The lowest BCUT2D eigenvalue weighted by Crippen LogP contribution is -2.01. The number of nitrogens with zero attached hydrogens (tertiary/aromatic N) is 2. The van der Waals surface area contributed by atoms with Gasteiger partial charge >= 0.3 is 0 Å². The van der Waals surface area contributed by atoms with Crippen LogP contribution in [-0.4, -0.2) is 9.78 Å². The Balaban J connectivity index is 2.01. The van der Waals surface area contributed by atoms with Crippen LogP contribution in [0.15, 0.2) is 24.5 Å². The quantitative estimate of drug-likeness (QED) is 0.844. The molecule has 0 unspecified atom stereocenters. The van der Waals surface area contributed by atoms with Gasteiger partial charge in [0, 0.05) is 42.7 Å². The van der Waals surface area contributed by atoms with Crippen LogP contribution < -0.4 is 5.32 Å². The molecule has 0 saturated carbocycles. The third-order valence-electron chi connectivity index (χ3n) is 2.62. The van der Waals surface area contributed by atoms with E-state index in [-0.39, 0.29) is 5.69 Å². The summed E-state index contributed by atoms with van der Waals surface area (Å²) in [6.07, 6.45) is 4.51. The lowest BCUT2D eigenvalue weighted by molar-refractivity contribution is 0.447. The molecular formula is C13H14F3N3. The predicted molar refractivity (Wildman–Crippen MR) is 66.2 cm³/mol. The maximum absolute atomic E-state index is 13.0. The first kappa shape index (κ1) is 13.5. The zero-order valence-electron chi connectivity index (χ0n) is 10.5. The third kappa shape index (κ3) is 3.27. The highest BCUT2D eigenvalue weighted by Crippen LogP contribution is 2.17. The van der Waals surface area contributed by atoms with Crippen LogP contribution in [0, 0.1) is 17.5 Å². The van der Waals surface area contributed by atoms with E-state index in [2.05, 4.69) is 10.4 Å². The summed E-state index contributed by atoms with van der Waals surface area (Å²) >= 11 is 0. The minimum absolute atomic E-state index is 0.194. The molecule has 0 aliphatic rings. The van der Waals surface area contributed by atoms with Crippen molar-refractivity contribution in [1.82, 2.24) is 9.78 Å². The number of halogens is 3. The van der Waals surface area contributed by atoms with Crippen LogP contribution in [0.3, 0.4) is 0 Å². The number of hydrogen-bond acceptors (Lipinski definition) is 2. The summed E-state index contributed by atoms with van der Waals surface area (Å²) < 4.78 is 40.6. The smallest absolute Gasteiger partial charge is 0.194 e. The van der Waals surface area contributed by atoms with Crippen molar-refractivity contribution in [2.45, 2.75) is 26.4 Å². The molecule has 6 heteroatoms. The van der Waals surface area contributed by atoms with Crippen LogP contribution in [0.2, 0.25) is 0 Å². The molecule has 1 N–H and O–H groups in total. The zero-order valence-corrected chi connectivity index (χ0v) is 10.5. The first-order valence-corrected chi connectivity index (χ1v) is 6.00. The van der Waals surface area contributed by atoms with Crippen molar-refractivity contribution in [3.8, 4) is 0 Å². The molecule has 0 aliphatic heterocycles. The summed E-state index contributed by atoms with van der Waals surface area (Å²) in [6, 6.07) is 1.85.